The third kappa shape index (κ3) is 1.41. The molecule has 2 aromatic heterocycles. The standard InChI is InChI=1S/C9H7ClN2O3/c1-14-9(13)8-5(11)6-7(15-8)4(10)2-3-12-6/h2-3H,11H2,1H3. The number of halogens is 1. The number of carbonyl (C=O) groups excluding carboxylic acids is 1. The molecule has 0 saturated carbocycles. The van der Waals surface area contributed by atoms with Gasteiger partial charge in [-0.2, -0.15) is 0 Å². The molecule has 0 spiro atoms. The molecule has 2 heterocycles. The number of nitrogens with two attached hydrogens (primary N) is 1. The Morgan fingerprint density at radius 3 is 3.00 bits per heavy atom. The van der Waals surface area contributed by atoms with Crippen LogP contribution in [0.5, 0.6) is 0 Å². The molecule has 0 bridgehead atoms. The van der Waals surface area contributed by atoms with E-state index in [0.717, 1.165) is 0 Å². The van der Waals surface area contributed by atoms with Crippen LogP contribution in [0.4, 0.5) is 5.69 Å². The lowest BCUT2D eigenvalue weighted by Crippen LogP contribution is -2.02. The van der Waals surface area contributed by atoms with E-state index in [4.69, 9.17) is 21.8 Å². The van der Waals surface area contributed by atoms with Gasteiger partial charge in [-0.25, -0.2) is 4.79 Å². The summed E-state index contributed by atoms with van der Waals surface area (Å²) < 4.78 is 9.69. The lowest BCUT2D eigenvalue weighted by Gasteiger charge is -1.93. The quantitative estimate of drug-likeness (QED) is 0.751. The number of anilines is 1. The maximum absolute atomic E-state index is 11.2. The van der Waals surface area contributed by atoms with E-state index in [0.29, 0.717) is 10.5 Å². The third-order valence-corrected chi connectivity index (χ3v) is 2.23. The van der Waals surface area contributed by atoms with E-state index >= 15 is 0 Å². The van der Waals surface area contributed by atoms with Gasteiger partial charge in [-0.1, -0.05) is 11.6 Å². The molecule has 0 aliphatic heterocycles. The molecule has 0 radical (unpaired) electrons. The fourth-order valence-electron chi connectivity index (χ4n) is 1.22. The summed E-state index contributed by atoms with van der Waals surface area (Å²) in [5, 5.41) is 0.349. The van der Waals surface area contributed by atoms with Crippen LogP contribution in [0, 0.1) is 0 Å². The zero-order valence-electron chi connectivity index (χ0n) is 7.78. The number of ether oxygens (including phenoxy) is 1. The Hall–Kier alpha value is -1.75. The topological polar surface area (TPSA) is 78.3 Å². The molecule has 2 N–H and O–H groups in total. The molecule has 0 saturated heterocycles. The number of aromatic nitrogens is 1. The Kier molecular flexibility index (Phi) is 2.24. The summed E-state index contributed by atoms with van der Waals surface area (Å²) in [7, 11) is 1.24. The molecule has 0 aliphatic rings. The van der Waals surface area contributed by atoms with Crippen molar-refractivity contribution in [3.05, 3.63) is 23.0 Å². The number of hydrogen-bond acceptors (Lipinski definition) is 5. The number of hydrogen-bond donors (Lipinski definition) is 1. The van der Waals surface area contributed by atoms with Crippen LogP contribution in [0.2, 0.25) is 5.02 Å². The van der Waals surface area contributed by atoms with Crippen molar-refractivity contribution >= 4 is 34.4 Å². The predicted molar refractivity (Wildman–Crippen MR) is 54.8 cm³/mol. The van der Waals surface area contributed by atoms with Gasteiger partial charge >= 0.3 is 5.97 Å². The largest absolute Gasteiger partial charge is 0.463 e. The molecule has 0 amide bonds. The van der Waals surface area contributed by atoms with Crippen molar-refractivity contribution in [2.45, 2.75) is 0 Å². The number of furan rings is 1. The van der Waals surface area contributed by atoms with Crippen LogP contribution in [0.25, 0.3) is 11.1 Å². The van der Waals surface area contributed by atoms with E-state index in [-0.39, 0.29) is 17.0 Å². The smallest absolute Gasteiger partial charge is 0.376 e. The Bertz CT molecular complexity index is 535. The van der Waals surface area contributed by atoms with Crippen LogP contribution in [-0.2, 0) is 4.74 Å². The van der Waals surface area contributed by atoms with Gasteiger partial charge in [0.05, 0.1) is 12.1 Å². The average Bonchev–Trinajstić information content (AvgIpc) is 2.57. The molecule has 2 rings (SSSR count). The Labute approximate surface area is 89.8 Å². The zero-order valence-corrected chi connectivity index (χ0v) is 8.54. The first-order chi connectivity index (χ1) is 7.15. The third-order valence-electron chi connectivity index (χ3n) is 1.93. The molecule has 0 atom stereocenters. The molecule has 2 aromatic rings. The highest BCUT2D eigenvalue weighted by Gasteiger charge is 2.21. The van der Waals surface area contributed by atoms with Crippen LogP contribution in [0.15, 0.2) is 16.7 Å². The Balaban J connectivity index is 2.75. The first-order valence-electron chi connectivity index (χ1n) is 4.06. The Morgan fingerprint density at radius 2 is 2.40 bits per heavy atom. The molecule has 0 fully saturated rings. The van der Waals surface area contributed by atoms with Crippen LogP contribution in [0.3, 0.4) is 0 Å². The summed E-state index contributed by atoms with van der Waals surface area (Å²) in [6.07, 6.45) is 1.48. The van der Waals surface area contributed by atoms with E-state index < -0.39 is 5.97 Å². The summed E-state index contributed by atoms with van der Waals surface area (Å²) in [5.41, 5.74) is 6.46. The normalized spacial score (nSPS) is 10.5. The van der Waals surface area contributed by atoms with Gasteiger partial charge in [-0.3, -0.25) is 4.98 Å². The summed E-state index contributed by atoms with van der Waals surface area (Å²) >= 11 is 5.85. The zero-order chi connectivity index (χ0) is 11.0. The molecule has 78 valence electrons. The van der Waals surface area contributed by atoms with Crippen molar-refractivity contribution in [2.75, 3.05) is 12.8 Å². The number of rotatable bonds is 1. The second kappa shape index (κ2) is 3.43. The minimum absolute atomic E-state index is 0.0758. The van der Waals surface area contributed by atoms with E-state index in [1.54, 1.807) is 6.07 Å². The summed E-state index contributed by atoms with van der Waals surface area (Å²) in [4.78, 5) is 15.2. The van der Waals surface area contributed by atoms with Crippen molar-refractivity contribution in [3.8, 4) is 0 Å². The van der Waals surface area contributed by atoms with Crippen LogP contribution >= 0.6 is 11.6 Å². The molecular weight excluding hydrogens is 220 g/mol. The minimum Gasteiger partial charge on any atom is -0.463 e. The van der Waals surface area contributed by atoms with Gasteiger partial charge in [0.2, 0.25) is 5.76 Å². The maximum Gasteiger partial charge on any atom is 0.376 e. The highest BCUT2D eigenvalue weighted by molar-refractivity contribution is 6.35. The van der Waals surface area contributed by atoms with E-state index in [9.17, 15) is 4.79 Å². The van der Waals surface area contributed by atoms with Gasteiger partial charge < -0.3 is 14.9 Å². The number of pyridine rings is 1. The summed E-state index contributed by atoms with van der Waals surface area (Å²) in [5.74, 6) is -0.727. The molecule has 15 heavy (non-hydrogen) atoms. The molecule has 0 aliphatic carbocycles. The number of nitrogen functional groups attached to an aromatic ring is 1. The fraction of sp³-hybridized carbons (Fsp3) is 0.111. The maximum atomic E-state index is 11.2. The van der Waals surface area contributed by atoms with E-state index in [2.05, 4.69) is 9.72 Å². The first-order valence-corrected chi connectivity index (χ1v) is 4.43. The molecule has 0 aromatic carbocycles. The van der Waals surface area contributed by atoms with E-state index in [1.165, 1.54) is 13.3 Å². The number of nitrogens with zero attached hydrogens (tertiary/aromatic N) is 1. The molecular formula is C9H7ClN2O3. The number of esters is 1. The summed E-state index contributed by atoms with van der Waals surface area (Å²) in [6.45, 7) is 0. The number of methoxy groups -OCH3 is 1. The first kappa shape index (κ1) is 9.79. The van der Waals surface area contributed by atoms with Crippen molar-refractivity contribution in [1.82, 2.24) is 4.98 Å². The van der Waals surface area contributed by atoms with Crippen LogP contribution < -0.4 is 5.73 Å². The minimum atomic E-state index is -0.651. The van der Waals surface area contributed by atoms with Gasteiger partial charge in [-0.15, -0.1) is 0 Å². The molecule has 6 heteroatoms. The SMILES string of the molecule is COC(=O)c1oc2c(Cl)ccnc2c1N. The Morgan fingerprint density at radius 1 is 1.67 bits per heavy atom. The van der Waals surface area contributed by atoms with Gasteiger partial charge in [0.1, 0.15) is 11.2 Å². The average molecular weight is 227 g/mol. The fourth-order valence-corrected chi connectivity index (χ4v) is 1.41. The highest BCUT2D eigenvalue weighted by atomic mass is 35.5. The predicted octanol–water partition coefficient (Wildman–Crippen LogP) is 1.85. The van der Waals surface area contributed by atoms with Crippen molar-refractivity contribution < 1.29 is 13.9 Å². The molecule has 5 nitrogen and oxygen atoms in total. The van der Waals surface area contributed by atoms with Crippen LogP contribution in [0.1, 0.15) is 10.6 Å². The lowest BCUT2D eigenvalue weighted by atomic mass is 10.3. The van der Waals surface area contributed by atoms with E-state index in [1.807, 2.05) is 0 Å². The van der Waals surface area contributed by atoms with Crippen molar-refractivity contribution in [3.63, 3.8) is 0 Å². The van der Waals surface area contributed by atoms with Crippen LogP contribution in [-0.4, -0.2) is 18.1 Å². The van der Waals surface area contributed by atoms with Gasteiger partial charge in [0, 0.05) is 6.20 Å². The molecule has 0 unspecified atom stereocenters. The number of carbonyl (C=O) groups is 1. The number of fused-ring (bicyclic) bond motifs is 1. The second-order valence-corrected chi connectivity index (χ2v) is 3.21. The van der Waals surface area contributed by atoms with Gasteiger partial charge in [0.25, 0.3) is 0 Å². The lowest BCUT2D eigenvalue weighted by molar-refractivity contribution is 0.0569. The second-order valence-electron chi connectivity index (χ2n) is 2.81. The summed E-state index contributed by atoms with van der Waals surface area (Å²) in [6, 6.07) is 1.55. The monoisotopic (exact) mass is 226 g/mol. The van der Waals surface area contributed by atoms with Crippen molar-refractivity contribution in [1.29, 1.82) is 0 Å². The van der Waals surface area contributed by atoms with Gasteiger partial charge in [0.15, 0.2) is 5.58 Å². The van der Waals surface area contributed by atoms with Crippen molar-refractivity contribution in [2.24, 2.45) is 0 Å². The van der Waals surface area contributed by atoms with Gasteiger partial charge in [-0.05, 0) is 6.07 Å². The highest BCUT2D eigenvalue weighted by Crippen LogP contribution is 2.31.